The molecule has 0 bridgehead atoms. The van der Waals surface area contributed by atoms with Crippen LogP contribution in [0.3, 0.4) is 0 Å². The molecule has 1 heterocycles. The first-order valence-electron chi connectivity index (χ1n) is 10.7. The molecule has 0 amide bonds. The van der Waals surface area contributed by atoms with Crippen LogP contribution in [0.4, 0.5) is 0 Å². The maximum Gasteiger partial charge on any atom is 0.282 e. The first-order chi connectivity index (χ1) is 15.1. The van der Waals surface area contributed by atoms with Gasteiger partial charge in [0.2, 0.25) is 0 Å². The van der Waals surface area contributed by atoms with Gasteiger partial charge in [-0.25, -0.2) is 4.98 Å². The van der Waals surface area contributed by atoms with Gasteiger partial charge in [0, 0.05) is 16.0 Å². The van der Waals surface area contributed by atoms with Crippen LogP contribution in [0.15, 0.2) is 50.8 Å². The number of halogens is 1. The lowest BCUT2D eigenvalue weighted by molar-refractivity contribution is 0.311. The van der Waals surface area contributed by atoms with Crippen LogP contribution in [0, 0.1) is 0 Å². The summed E-state index contributed by atoms with van der Waals surface area (Å²) in [6.45, 7) is 2.44. The molecule has 0 N–H and O–H groups in total. The van der Waals surface area contributed by atoms with Crippen LogP contribution in [-0.2, 0) is 0 Å². The Morgan fingerprint density at radius 3 is 2.71 bits per heavy atom. The van der Waals surface area contributed by atoms with Crippen LogP contribution in [-0.4, -0.2) is 29.6 Å². The number of hydrogen-bond donors (Lipinski definition) is 0. The zero-order valence-electron chi connectivity index (χ0n) is 17.8. The van der Waals surface area contributed by atoms with Gasteiger partial charge in [0.25, 0.3) is 5.56 Å². The van der Waals surface area contributed by atoms with Crippen LogP contribution in [0.5, 0.6) is 11.5 Å². The number of nitrogens with zero attached hydrogens (tertiary/aromatic N) is 3. The quantitative estimate of drug-likeness (QED) is 0.434. The first kappa shape index (κ1) is 21.6. The van der Waals surface area contributed by atoms with Crippen LogP contribution < -0.4 is 15.0 Å². The van der Waals surface area contributed by atoms with Gasteiger partial charge in [-0.15, -0.1) is 0 Å². The fourth-order valence-electron chi connectivity index (χ4n) is 4.08. The summed E-state index contributed by atoms with van der Waals surface area (Å²) in [5, 5.41) is 5.18. The molecule has 1 fully saturated rings. The number of ether oxygens (including phenoxy) is 2. The summed E-state index contributed by atoms with van der Waals surface area (Å²) in [4.78, 5) is 18.2. The molecule has 0 spiro atoms. The highest BCUT2D eigenvalue weighted by Crippen LogP contribution is 2.34. The molecule has 3 aromatic rings. The second-order valence-electron chi connectivity index (χ2n) is 7.64. The predicted octanol–water partition coefficient (Wildman–Crippen LogP) is 5.50. The lowest BCUT2D eigenvalue weighted by Gasteiger charge is -2.22. The Balaban J connectivity index is 1.82. The van der Waals surface area contributed by atoms with Gasteiger partial charge in [0.1, 0.15) is 5.82 Å². The lowest BCUT2D eigenvalue weighted by Crippen LogP contribution is -2.25. The van der Waals surface area contributed by atoms with Crippen molar-refractivity contribution in [2.24, 2.45) is 5.10 Å². The molecule has 0 aliphatic heterocycles. The molecule has 2 aromatic carbocycles. The van der Waals surface area contributed by atoms with E-state index in [2.05, 4.69) is 21.0 Å². The number of hydrogen-bond acceptors (Lipinski definition) is 5. The molecule has 1 aliphatic rings. The van der Waals surface area contributed by atoms with Crippen LogP contribution >= 0.6 is 15.9 Å². The zero-order chi connectivity index (χ0) is 21.8. The molecule has 4 rings (SSSR count). The Bertz CT molecular complexity index is 1170. The van der Waals surface area contributed by atoms with Crippen molar-refractivity contribution in [3.8, 4) is 11.5 Å². The topological polar surface area (TPSA) is 65.7 Å². The van der Waals surface area contributed by atoms with E-state index in [1.807, 2.05) is 37.3 Å². The summed E-state index contributed by atoms with van der Waals surface area (Å²) in [6, 6.07) is 11.2. The van der Waals surface area contributed by atoms with Gasteiger partial charge < -0.3 is 9.47 Å². The maximum absolute atomic E-state index is 13.3. The Hall–Kier alpha value is -2.67. The van der Waals surface area contributed by atoms with Gasteiger partial charge >= 0.3 is 0 Å². The summed E-state index contributed by atoms with van der Waals surface area (Å²) in [5.41, 5.74) is 1.37. The average molecular weight is 484 g/mol. The van der Waals surface area contributed by atoms with Crippen molar-refractivity contribution in [2.45, 2.75) is 44.9 Å². The normalized spacial score (nSPS) is 14.9. The molecule has 1 saturated carbocycles. The Morgan fingerprint density at radius 2 is 1.97 bits per heavy atom. The lowest BCUT2D eigenvalue weighted by atomic mass is 9.88. The Kier molecular flexibility index (Phi) is 6.70. The molecule has 0 radical (unpaired) electrons. The molecule has 0 saturated heterocycles. The SMILES string of the molecule is CCOc1cc(C=Nn2c(C3CCCCC3)nc3ccccc3c2=O)c(Br)cc1OC. The maximum atomic E-state index is 13.3. The molecule has 31 heavy (non-hydrogen) atoms. The van der Waals surface area contributed by atoms with Crippen molar-refractivity contribution < 1.29 is 9.47 Å². The number of methoxy groups -OCH3 is 1. The molecule has 6 nitrogen and oxygen atoms in total. The number of fused-ring (bicyclic) bond motifs is 1. The Labute approximate surface area is 190 Å². The van der Waals surface area contributed by atoms with E-state index in [9.17, 15) is 4.79 Å². The van der Waals surface area contributed by atoms with Crippen molar-refractivity contribution in [1.82, 2.24) is 9.66 Å². The molecular formula is C24H26BrN3O3. The molecule has 7 heteroatoms. The third kappa shape index (κ3) is 4.51. The highest BCUT2D eigenvalue weighted by Gasteiger charge is 2.22. The summed E-state index contributed by atoms with van der Waals surface area (Å²) < 4.78 is 13.4. The van der Waals surface area contributed by atoms with Gasteiger partial charge in [0.05, 0.1) is 30.8 Å². The largest absolute Gasteiger partial charge is 0.493 e. The number of benzene rings is 2. The summed E-state index contributed by atoms with van der Waals surface area (Å²) >= 11 is 3.57. The molecule has 0 atom stereocenters. The van der Waals surface area contributed by atoms with Crippen molar-refractivity contribution in [3.63, 3.8) is 0 Å². The molecule has 1 aliphatic carbocycles. The van der Waals surface area contributed by atoms with Crippen LogP contribution in [0.2, 0.25) is 0 Å². The van der Waals surface area contributed by atoms with E-state index >= 15 is 0 Å². The molecule has 0 unspecified atom stereocenters. The summed E-state index contributed by atoms with van der Waals surface area (Å²) in [6.07, 6.45) is 7.27. The molecular weight excluding hydrogens is 458 g/mol. The predicted molar refractivity (Wildman–Crippen MR) is 127 cm³/mol. The fourth-order valence-corrected chi connectivity index (χ4v) is 4.50. The minimum absolute atomic E-state index is 0.142. The van der Waals surface area contributed by atoms with E-state index in [1.54, 1.807) is 19.4 Å². The number of para-hydroxylation sites is 1. The van der Waals surface area contributed by atoms with Crippen LogP contribution in [0.25, 0.3) is 10.9 Å². The smallest absolute Gasteiger partial charge is 0.282 e. The van der Waals surface area contributed by atoms with E-state index in [1.165, 1.54) is 11.1 Å². The number of rotatable bonds is 6. The van der Waals surface area contributed by atoms with E-state index in [0.717, 1.165) is 47.1 Å². The average Bonchev–Trinajstić information content (AvgIpc) is 2.80. The van der Waals surface area contributed by atoms with Gasteiger partial charge in [-0.2, -0.15) is 9.78 Å². The standard InChI is InChI=1S/C24H26BrN3O3/c1-3-31-22-13-17(19(25)14-21(22)30-2)15-26-28-23(16-9-5-4-6-10-16)27-20-12-8-7-11-18(20)24(28)29/h7-8,11-16H,3-6,9-10H2,1-2H3. The van der Waals surface area contributed by atoms with Gasteiger partial charge in [-0.1, -0.05) is 31.4 Å². The zero-order valence-corrected chi connectivity index (χ0v) is 19.4. The minimum atomic E-state index is -0.142. The van der Waals surface area contributed by atoms with Crippen molar-refractivity contribution in [1.29, 1.82) is 0 Å². The summed E-state index contributed by atoms with van der Waals surface area (Å²) in [7, 11) is 1.61. The van der Waals surface area contributed by atoms with Crippen molar-refractivity contribution >= 4 is 33.0 Å². The first-order valence-corrected chi connectivity index (χ1v) is 11.5. The minimum Gasteiger partial charge on any atom is -0.493 e. The van der Waals surface area contributed by atoms with Crippen LogP contribution in [0.1, 0.15) is 56.3 Å². The highest BCUT2D eigenvalue weighted by atomic mass is 79.9. The van der Waals surface area contributed by atoms with E-state index in [-0.39, 0.29) is 11.5 Å². The Morgan fingerprint density at radius 1 is 1.19 bits per heavy atom. The monoisotopic (exact) mass is 483 g/mol. The molecule has 162 valence electrons. The third-order valence-corrected chi connectivity index (χ3v) is 6.33. The summed E-state index contributed by atoms with van der Waals surface area (Å²) in [5.74, 6) is 2.25. The van der Waals surface area contributed by atoms with Gasteiger partial charge in [-0.05, 0) is 60.0 Å². The van der Waals surface area contributed by atoms with E-state index < -0.39 is 0 Å². The third-order valence-electron chi connectivity index (χ3n) is 5.64. The van der Waals surface area contributed by atoms with Crippen molar-refractivity contribution in [2.75, 3.05) is 13.7 Å². The second kappa shape index (κ2) is 9.64. The number of aromatic nitrogens is 2. The van der Waals surface area contributed by atoms with Gasteiger partial charge in [-0.3, -0.25) is 4.79 Å². The second-order valence-corrected chi connectivity index (χ2v) is 8.50. The highest BCUT2D eigenvalue weighted by molar-refractivity contribution is 9.10. The van der Waals surface area contributed by atoms with Gasteiger partial charge in [0.15, 0.2) is 11.5 Å². The van der Waals surface area contributed by atoms with E-state index in [0.29, 0.717) is 23.5 Å². The van der Waals surface area contributed by atoms with E-state index in [4.69, 9.17) is 14.5 Å². The fraction of sp³-hybridized carbons (Fsp3) is 0.375. The van der Waals surface area contributed by atoms with Crippen molar-refractivity contribution in [3.05, 3.63) is 62.6 Å². The molecule has 1 aromatic heterocycles.